The van der Waals surface area contributed by atoms with E-state index < -0.39 is 0 Å². The van der Waals surface area contributed by atoms with Crippen molar-refractivity contribution < 1.29 is 9.53 Å². The Morgan fingerprint density at radius 1 is 1.18 bits per heavy atom. The minimum Gasteiger partial charge on any atom is -0.458 e. The maximum absolute atomic E-state index is 12.5. The molecule has 1 aromatic carbocycles. The molecule has 0 N–H and O–H groups in total. The molecular weight excluding hydrogens is 272 g/mol. The number of esters is 1. The molecule has 4 aliphatic rings. The van der Waals surface area contributed by atoms with Crippen LogP contribution in [-0.4, -0.2) is 12.1 Å². The van der Waals surface area contributed by atoms with E-state index in [9.17, 15) is 4.79 Å². The lowest BCUT2D eigenvalue weighted by Crippen LogP contribution is -2.56. The van der Waals surface area contributed by atoms with Gasteiger partial charge in [-0.25, -0.2) is 4.79 Å². The van der Waals surface area contributed by atoms with Crippen LogP contribution < -0.4 is 0 Å². The molecule has 4 bridgehead atoms. The molecule has 2 nitrogen and oxygen atoms in total. The monoisotopic (exact) mass is 296 g/mol. The van der Waals surface area contributed by atoms with Gasteiger partial charge in [-0.2, -0.15) is 0 Å². The second-order valence-electron chi connectivity index (χ2n) is 7.91. The van der Waals surface area contributed by atoms with Crippen molar-refractivity contribution in [2.24, 2.45) is 23.2 Å². The summed E-state index contributed by atoms with van der Waals surface area (Å²) in [6.07, 6.45) is 8.33. The zero-order chi connectivity index (χ0) is 15.3. The lowest BCUT2D eigenvalue weighted by atomic mass is 9.49. The highest BCUT2D eigenvalue weighted by atomic mass is 16.5. The van der Waals surface area contributed by atoms with Crippen LogP contribution in [0.2, 0.25) is 0 Å². The number of carbonyl (C=O) groups excluding carboxylic acids is 1. The molecule has 4 saturated carbocycles. The number of benzene rings is 1. The van der Waals surface area contributed by atoms with Crippen LogP contribution in [0.15, 0.2) is 30.8 Å². The Morgan fingerprint density at radius 3 is 2.36 bits per heavy atom. The van der Waals surface area contributed by atoms with E-state index >= 15 is 0 Å². The van der Waals surface area contributed by atoms with Gasteiger partial charge in [-0.15, -0.1) is 0 Å². The molecule has 116 valence electrons. The first-order chi connectivity index (χ1) is 10.6. The zero-order valence-corrected chi connectivity index (χ0v) is 13.3. The largest absolute Gasteiger partial charge is 0.458 e. The lowest BCUT2D eigenvalue weighted by molar-refractivity contribution is -0.150. The number of carbonyl (C=O) groups is 1. The van der Waals surface area contributed by atoms with E-state index in [1.807, 2.05) is 24.3 Å². The molecule has 0 amide bonds. The van der Waals surface area contributed by atoms with Crippen molar-refractivity contribution in [3.63, 3.8) is 0 Å². The summed E-state index contributed by atoms with van der Waals surface area (Å²) in [6.45, 7) is 6.09. The third kappa shape index (κ3) is 2.20. The van der Waals surface area contributed by atoms with Crippen molar-refractivity contribution in [1.29, 1.82) is 0 Å². The van der Waals surface area contributed by atoms with Crippen LogP contribution in [0.1, 0.15) is 54.9 Å². The van der Waals surface area contributed by atoms with Gasteiger partial charge in [0.2, 0.25) is 0 Å². The second kappa shape index (κ2) is 4.97. The highest BCUT2D eigenvalue weighted by Gasteiger charge is 2.56. The molecule has 0 aromatic heterocycles. The minimum atomic E-state index is -0.158. The topological polar surface area (TPSA) is 26.3 Å². The quantitative estimate of drug-likeness (QED) is 0.756. The van der Waals surface area contributed by atoms with Crippen molar-refractivity contribution in [1.82, 2.24) is 0 Å². The number of hydrogen-bond acceptors (Lipinski definition) is 2. The normalized spacial score (nSPS) is 38.8. The van der Waals surface area contributed by atoms with Gasteiger partial charge in [-0.05, 0) is 67.6 Å². The summed E-state index contributed by atoms with van der Waals surface area (Å²) in [5.41, 5.74) is 1.90. The average Bonchev–Trinajstić information content (AvgIpc) is 2.50. The average molecular weight is 296 g/mol. The Hall–Kier alpha value is -1.57. The Morgan fingerprint density at radius 2 is 1.82 bits per heavy atom. The van der Waals surface area contributed by atoms with Crippen LogP contribution in [-0.2, 0) is 4.74 Å². The van der Waals surface area contributed by atoms with E-state index in [-0.39, 0.29) is 17.5 Å². The van der Waals surface area contributed by atoms with Crippen molar-refractivity contribution in [3.8, 4) is 0 Å². The molecule has 4 aliphatic carbocycles. The fourth-order valence-electron chi connectivity index (χ4n) is 5.58. The number of hydrogen-bond donors (Lipinski definition) is 0. The van der Waals surface area contributed by atoms with E-state index in [0.29, 0.717) is 11.5 Å². The van der Waals surface area contributed by atoms with Crippen molar-refractivity contribution in [2.45, 2.75) is 45.1 Å². The fourth-order valence-corrected chi connectivity index (χ4v) is 5.58. The van der Waals surface area contributed by atoms with Gasteiger partial charge >= 0.3 is 5.97 Å². The van der Waals surface area contributed by atoms with E-state index in [1.165, 1.54) is 32.1 Å². The van der Waals surface area contributed by atoms with Crippen molar-refractivity contribution >= 4 is 12.0 Å². The molecule has 2 heteroatoms. The van der Waals surface area contributed by atoms with Crippen LogP contribution in [0.5, 0.6) is 0 Å². The van der Waals surface area contributed by atoms with Crippen LogP contribution in [0.25, 0.3) is 6.08 Å². The highest BCUT2D eigenvalue weighted by molar-refractivity contribution is 5.89. The van der Waals surface area contributed by atoms with E-state index in [1.54, 1.807) is 6.08 Å². The van der Waals surface area contributed by atoms with Crippen LogP contribution in [0, 0.1) is 23.2 Å². The maximum Gasteiger partial charge on any atom is 0.338 e. The second-order valence-corrected chi connectivity index (χ2v) is 7.91. The SMILES string of the molecule is C=Cc1ccc(C(=O)OC2C3CC4CC(C3)CC2(C)C4)cc1. The Labute approximate surface area is 132 Å². The summed E-state index contributed by atoms with van der Waals surface area (Å²) in [4.78, 5) is 12.5. The summed E-state index contributed by atoms with van der Waals surface area (Å²) in [5.74, 6) is 2.19. The van der Waals surface area contributed by atoms with Crippen molar-refractivity contribution in [2.75, 3.05) is 0 Å². The van der Waals surface area contributed by atoms with Gasteiger partial charge in [-0.3, -0.25) is 0 Å². The molecule has 0 spiro atoms. The van der Waals surface area contributed by atoms with Gasteiger partial charge in [0.25, 0.3) is 0 Å². The Bertz CT molecular complexity index is 587. The minimum absolute atomic E-state index is 0.117. The van der Waals surface area contributed by atoms with E-state index in [2.05, 4.69) is 13.5 Å². The zero-order valence-electron chi connectivity index (χ0n) is 13.3. The van der Waals surface area contributed by atoms with Gasteiger partial charge in [0.15, 0.2) is 0 Å². The van der Waals surface area contributed by atoms with E-state index in [4.69, 9.17) is 4.74 Å². The molecular formula is C20H24O2. The smallest absolute Gasteiger partial charge is 0.338 e. The summed E-state index contributed by atoms with van der Waals surface area (Å²) in [7, 11) is 0. The third-order valence-corrected chi connectivity index (χ3v) is 6.18. The van der Waals surface area contributed by atoms with Crippen LogP contribution in [0.3, 0.4) is 0 Å². The summed E-state index contributed by atoms with van der Waals surface area (Å²) >= 11 is 0. The number of rotatable bonds is 3. The van der Waals surface area contributed by atoms with Gasteiger partial charge < -0.3 is 4.74 Å². The van der Waals surface area contributed by atoms with Crippen molar-refractivity contribution in [3.05, 3.63) is 42.0 Å². The molecule has 5 rings (SSSR count). The molecule has 0 heterocycles. The highest BCUT2D eigenvalue weighted by Crippen LogP contribution is 2.60. The molecule has 0 radical (unpaired) electrons. The standard InChI is InChI=1S/C20H24O2/c1-3-13-4-6-16(7-5-13)19(21)22-18-17-9-14-8-15(10-17)12-20(18,2)11-14/h3-7,14-15,17-18H,1,8-12H2,2H3. The third-order valence-electron chi connectivity index (χ3n) is 6.18. The molecule has 1 aromatic rings. The first kappa shape index (κ1) is 14.0. The van der Waals surface area contributed by atoms with Gasteiger partial charge in [0.1, 0.15) is 6.10 Å². The molecule has 22 heavy (non-hydrogen) atoms. The summed E-state index contributed by atoms with van der Waals surface area (Å²) in [5, 5.41) is 0. The maximum atomic E-state index is 12.5. The molecule has 0 saturated heterocycles. The summed E-state index contributed by atoms with van der Waals surface area (Å²) in [6, 6.07) is 7.53. The van der Waals surface area contributed by atoms with Gasteiger partial charge in [0.05, 0.1) is 5.56 Å². The molecule has 4 fully saturated rings. The first-order valence-electron chi connectivity index (χ1n) is 8.51. The fraction of sp³-hybridized carbons (Fsp3) is 0.550. The predicted molar refractivity (Wildman–Crippen MR) is 87.4 cm³/mol. The number of ether oxygens (including phenoxy) is 1. The van der Waals surface area contributed by atoms with Crippen LogP contribution >= 0.6 is 0 Å². The predicted octanol–water partition coefficient (Wildman–Crippen LogP) is 4.70. The Balaban J connectivity index is 1.52. The van der Waals surface area contributed by atoms with E-state index in [0.717, 1.165) is 17.4 Å². The first-order valence-corrected chi connectivity index (χ1v) is 8.51. The molecule has 3 atom stereocenters. The summed E-state index contributed by atoms with van der Waals surface area (Å²) < 4.78 is 6.03. The Kier molecular flexibility index (Phi) is 3.18. The molecule has 3 unspecified atom stereocenters. The van der Waals surface area contributed by atoms with Gasteiger partial charge in [0, 0.05) is 5.41 Å². The molecule has 0 aliphatic heterocycles. The lowest BCUT2D eigenvalue weighted by Gasteiger charge is -2.59. The van der Waals surface area contributed by atoms with Gasteiger partial charge in [-0.1, -0.05) is 31.7 Å². The van der Waals surface area contributed by atoms with Crippen LogP contribution in [0.4, 0.5) is 0 Å².